The largest absolute Gasteiger partial charge is 0.494 e. The molecule has 2 aliphatic rings. The average molecular weight is 290 g/mol. The molecule has 2 aliphatic heterocycles. The smallest absolute Gasteiger partial charge is 0.125 e. The van der Waals surface area contributed by atoms with Crippen LogP contribution in [0.15, 0.2) is 18.2 Å². The lowest BCUT2D eigenvalue weighted by molar-refractivity contribution is -0.0119. The van der Waals surface area contributed by atoms with Crippen molar-refractivity contribution in [2.75, 3.05) is 33.8 Å². The zero-order chi connectivity index (χ0) is 14.9. The van der Waals surface area contributed by atoms with Gasteiger partial charge in [0.2, 0.25) is 0 Å². The van der Waals surface area contributed by atoms with Crippen LogP contribution in [0, 0.1) is 0 Å². The first kappa shape index (κ1) is 14.7. The van der Waals surface area contributed by atoms with E-state index in [4.69, 9.17) is 9.47 Å². The van der Waals surface area contributed by atoms with Gasteiger partial charge in [0.25, 0.3) is 0 Å². The van der Waals surface area contributed by atoms with Crippen LogP contribution in [0.3, 0.4) is 0 Å². The quantitative estimate of drug-likeness (QED) is 0.928. The van der Waals surface area contributed by atoms with Crippen LogP contribution in [0.5, 0.6) is 11.5 Å². The van der Waals surface area contributed by atoms with Crippen LogP contribution < -0.4 is 14.8 Å². The highest BCUT2D eigenvalue weighted by atomic mass is 16.5. The van der Waals surface area contributed by atoms with Crippen LogP contribution in [0.4, 0.5) is 0 Å². The molecule has 0 aromatic heterocycles. The molecule has 0 aliphatic carbocycles. The van der Waals surface area contributed by atoms with Crippen LogP contribution >= 0.6 is 0 Å². The standard InChI is InChI=1S/C17H26N2O2/c1-4-20-13-5-6-16-14(11-13)15(19(2)3)12-17(21-16)7-9-18-10-8-17/h5-6,11,15,18H,4,7-10,12H2,1-3H3. The zero-order valence-corrected chi connectivity index (χ0v) is 13.3. The third-order valence-electron chi connectivity index (χ3n) is 4.68. The predicted octanol–water partition coefficient (Wildman–Crippen LogP) is 2.59. The normalized spacial score (nSPS) is 23.7. The SMILES string of the molecule is CCOc1ccc2c(c1)C(N(C)C)CC1(CCNCC1)O2. The Morgan fingerprint density at radius 3 is 2.76 bits per heavy atom. The van der Waals surface area contributed by atoms with Crippen molar-refractivity contribution in [2.45, 2.75) is 37.8 Å². The van der Waals surface area contributed by atoms with E-state index >= 15 is 0 Å². The molecule has 0 radical (unpaired) electrons. The molecule has 1 spiro atoms. The highest BCUT2D eigenvalue weighted by Crippen LogP contribution is 2.46. The van der Waals surface area contributed by atoms with Gasteiger partial charge in [-0.25, -0.2) is 0 Å². The molecule has 1 saturated heterocycles. The highest BCUT2D eigenvalue weighted by molar-refractivity contribution is 5.44. The molecule has 21 heavy (non-hydrogen) atoms. The fraction of sp³-hybridized carbons (Fsp3) is 0.647. The molecule has 116 valence electrons. The van der Waals surface area contributed by atoms with Gasteiger partial charge < -0.3 is 19.7 Å². The Morgan fingerprint density at radius 2 is 2.10 bits per heavy atom. The number of rotatable bonds is 3. The number of fused-ring (bicyclic) bond motifs is 1. The van der Waals surface area contributed by atoms with Crippen molar-refractivity contribution in [3.05, 3.63) is 23.8 Å². The Kier molecular flexibility index (Phi) is 4.09. The molecule has 0 amide bonds. The summed E-state index contributed by atoms with van der Waals surface area (Å²) < 4.78 is 12.1. The summed E-state index contributed by atoms with van der Waals surface area (Å²) in [6, 6.07) is 6.65. The van der Waals surface area contributed by atoms with Gasteiger partial charge in [-0.2, -0.15) is 0 Å². The van der Waals surface area contributed by atoms with Crippen molar-refractivity contribution in [3.63, 3.8) is 0 Å². The van der Waals surface area contributed by atoms with Gasteiger partial charge in [0.05, 0.1) is 6.61 Å². The molecule has 2 heterocycles. The lowest BCUT2D eigenvalue weighted by atomic mass is 9.80. The van der Waals surface area contributed by atoms with E-state index in [1.807, 2.05) is 13.0 Å². The van der Waals surface area contributed by atoms with E-state index in [1.165, 1.54) is 5.56 Å². The molecule has 1 atom stereocenters. The van der Waals surface area contributed by atoms with E-state index in [0.29, 0.717) is 12.6 Å². The van der Waals surface area contributed by atoms with E-state index in [9.17, 15) is 0 Å². The van der Waals surface area contributed by atoms with Gasteiger partial charge in [0.15, 0.2) is 0 Å². The van der Waals surface area contributed by atoms with Crippen molar-refractivity contribution in [1.29, 1.82) is 0 Å². The number of benzene rings is 1. The van der Waals surface area contributed by atoms with E-state index in [0.717, 1.165) is 43.9 Å². The Hall–Kier alpha value is -1.26. The monoisotopic (exact) mass is 290 g/mol. The Balaban J connectivity index is 1.94. The van der Waals surface area contributed by atoms with Gasteiger partial charge in [-0.15, -0.1) is 0 Å². The molecule has 4 nitrogen and oxygen atoms in total. The second-order valence-corrected chi connectivity index (χ2v) is 6.35. The minimum absolute atomic E-state index is 0.000314. The third-order valence-corrected chi connectivity index (χ3v) is 4.68. The molecule has 1 aromatic rings. The summed E-state index contributed by atoms with van der Waals surface area (Å²) in [6.45, 7) is 4.81. The molecule has 1 unspecified atom stereocenters. The predicted molar refractivity (Wildman–Crippen MR) is 84.1 cm³/mol. The Morgan fingerprint density at radius 1 is 1.33 bits per heavy atom. The first-order valence-corrected chi connectivity index (χ1v) is 7.96. The minimum Gasteiger partial charge on any atom is -0.494 e. The molecule has 0 bridgehead atoms. The fourth-order valence-electron chi connectivity index (χ4n) is 3.52. The van der Waals surface area contributed by atoms with Gasteiger partial charge in [-0.1, -0.05) is 0 Å². The topological polar surface area (TPSA) is 33.7 Å². The second-order valence-electron chi connectivity index (χ2n) is 6.35. The molecular formula is C17H26N2O2. The zero-order valence-electron chi connectivity index (χ0n) is 13.3. The van der Waals surface area contributed by atoms with Crippen LogP contribution in [-0.4, -0.2) is 44.3 Å². The van der Waals surface area contributed by atoms with Gasteiger partial charge in [-0.3, -0.25) is 0 Å². The summed E-state index contributed by atoms with van der Waals surface area (Å²) in [4.78, 5) is 2.31. The Bertz CT molecular complexity index is 496. The third kappa shape index (κ3) is 2.87. The molecule has 4 heteroatoms. The summed E-state index contributed by atoms with van der Waals surface area (Å²) in [5.74, 6) is 1.97. The Labute approximate surface area is 127 Å². The lowest BCUT2D eigenvalue weighted by Gasteiger charge is -2.46. The van der Waals surface area contributed by atoms with Crippen molar-refractivity contribution < 1.29 is 9.47 Å². The average Bonchev–Trinajstić information content (AvgIpc) is 2.48. The first-order valence-electron chi connectivity index (χ1n) is 7.96. The van der Waals surface area contributed by atoms with E-state index < -0.39 is 0 Å². The van der Waals surface area contributed by atoms with Gasteiger partial charge >= 0.3 is 0 Å². The molecule has 1 N–H and O–H groups in total. The number of hydrogen-bond acceptors (Lipinski definition) is 4. The van der Waals surface area contributed by atoms with Crippen LogP contribution in [0.25, 0.3) is 0 Å². The van der Waals surface area contributed by atoms with Crippen molar-refractivity contribution in [3.8, 4) is 11.5 Å². The van der Waals surface area contributed by atoms with Crippen molar-refractivity contribution >= 4 is 0 Å². The molecule has 0 saturated carbocycles. The molecular weight excluding hydrogens is 264 g/mol. The van der Waals surface area contributed by atoms with Gasteiger partial charge in [0.1, 0.15) is 17.1 Å². The number of piperidine rings is 1. The van der Waals surface area contributed by atoms with Gasteiger partial charge in [0, 0.05) is 18.0 Å². The summed E-state index contributed by atoms with van der Waals surface area (Å²) in [5, 5.41) is 3.44. The summed E-state index contributed by atoms with van der Waals surface area (Å²) in [5.41, 5.74) is 1.26. The van der Waals surface area contributed by atoms with Gasteiger partial charge in [-0.05, 0) is 65.1 Å². The lowest BCUT2D eigenvalue weighted by Crippen LogP contribution is -2.50. The minimum atomic E-state index is 0.000314. The number of nitrogens with zero attached hydrogens (tertiary/aromatic N) is 1. The van der Waals surface area contributed by atoms with E-state index in [2.05, 4.69) is 36.4 Å². The number of hydrogen-bond donors (Lipinski definition) is 1. The molecule has 1 fully saturated rings. The van der Waals surface area contributed by atoms with Crippen molar-refractivity contribution in [1.82, 2.24) is 10.2 Å². The summed E-state index contributed by atoms with van der Waals surface area (Å²) >= 11 is 0. The fourth-order valence-corrected chi connectivity index (χ4v) is 3.52. The maximum absolute atomic E-state index is 6.45. The van der Waals surface area contributed by atoms with Crippen LogP contribution in [0.2, 0.25) is 0 Å². The molecule has 1 aromatic carbocycles. The van der Waals surface area contributed by atoms with Crippen LogP contribution in [0.1, 0.15) is 37.8 Å². The molecule has 3 rings (SSSR count). The van der Waals surface area contributed by atoms with E-state index in [-0.39, 0.29) is 5.60 Å². The number of nitrogens with one attached hydrogen (secondary N) is 1. The van der Waals surface area contributed by atoms with Crippen molar-refractivity contribution in [2.24, 2.45) is 0 Å². The maximum Gasteiger partial charge on any atom is 0.125 e. The van der Waals surface area contributed by atoms with Crippen LogP contribution in [-0.2, 0) is 0 Å². The summed E-state index contributed by atoms with van der Waals surface area (Å²) in [6.07, 6.45) is 3.23. The first-order chi connectivity index (χ1) is 10.1. The number of ether oxygens (including phenoxy) is 2. The van der Waals surface area contributed by atoms with E-state index in [1.54, 1.807) is 0 Å². The maximum atomic E-state index is 6.45. The second kappa shape index (κ2) is 5.85. The highest BCUT2D eigenvalue weighted by Gasteiger charge is 2.42. The summed E-state index contributed by atoms with van der Waals surface area (Å²) in [7, 11) is 4.31.